The lowest BCUT2D eigenvalue weighted by molar-refractivity contribution is 0.170. The molecule has 1 atom stereocenters. The average molecular weight is 282 g/mol. The molecule has 1 aliphatic heterocycles. The van der Waals surface area contributed by atoms with Gasteiger partial charge in [-0.3, -0.25) is 0 Å². The topological polar surface area (TPSA) is 40.6 Å². The largest absolute Gasteiger partial charge is 0.303 e. The monoisotopic (exact) mass is 282 g/mol. The second kappa shape index (κ2) is 5.23. The van der Waals surface area contributed by atoms with Crippen LogP contribution in [-0.2, 0) is 10.0 Å². The predicted octanol–water partition coefficient (Wildman–Crippen LogP) is 1.63. The lowest BCUT2D eigenvalue weighted by Gasteiger charge is -2.37. The zero-order valence-electron chi connectivity index (χ0n) is 12.0. The van der Waals surface area contributed by atoms with E-state index in [1.165, 1.54) is 0 Å². The van der Waals surface area contributed by atoms with E-state index in [0.29, 0.717) is 11.4 Å². The van der Waals surface area contributed by atoms with Crippen LogP contribution in [0.4, 0.5) is 0 Å². The minimum atomic E-state index is -3.38. The van der Waals surface area contributed by atoms with Crippen molar-refractivity contribution in [1.29, 1.82) is 0 Å². The van der Waals surface area contributed by atoms with Crippen LogP contribution in [0.3, 0.4) is 0 Å². The first-order valence-electron chi connectivity index (χ1n) is 6.60. The molecule has 0 saturated carbocycles. The van der Waals surface area contributed by atoms with Crippen LogP contribution in [0.25, 0.3) is 0 Å². The first kappa shape index (κ1) is 14.5. The summed E-state index contributed by atoms with van der Waals surface area (Å²) >= 11 is 0. The Hall–Kier alpha value is -0.910. The maximum Gasteiger partial charge on any atom is 0.243 e. The van der Waals surface area contributed by atoms with E-state index >= 15 is 0 Å². The zero-order chi connectivity index (χ0) is 14.2. The van der Waals surface area contributed by atoms with Gasteiger partial charge in [-0.15, -0.1) is 0 Å². The molecule has 4 nitrogen and oxygen atoms in total. The van der Waals surface area contributed by atoms with Gasteiger partial charge in [-0.1, -0.05) is 17.7 Å². The number of hydrogen-bond acceptors (Lipinski definition) is 3. The number of benzene rings is 1. The number of likely N-dealkylation sites (N-methyl/N-ethyl adjacent to an activating group) is 1. The Morgan fingerprint density at radius 2 is 1.89 bits per heavy atom. The number of rotatable bonds is 2. The van der Waals surface area contributed by atoms with E-state index in [2.05, 4.69) is 4.90 Å². The lowest BCUT2D eigenvalue weighted by Crippen LogP contribution is -2.52. The molecule has 19 heavy (non-hydrogen) atoms. The first-order chi connectivity index (χ1) is 8.82. The van der Waals surface area contributed by atoms with Crippen molar-refractivity contribution in [2.24, 2.45) is 0 Å². The minimum Gasteiger partial charge on any atom is -0.303 e. The lowest BCUT2D eigenvalue weighted by atomic mass is 10.2. The summed E-state index contributed by atoms with van der Waals surface area (Å²) in [5, 5.41) is 0. The van der Waals surface area contributed by atoms with Crippen LogP contribution in [0.1, 0.15) is 18.1 Å². The van der Waals surface area contributed by atoms with Gasteiger partial charge in [-0.25, -0.2) is 8.42 Å². The summed E-state index contributed by atoms with van der Waals surface area (Å²) in [6.45, 7) is 7.94. The molecular weight excluding hydrogens is 260 g/mol. The minimum absolute atomic E-state index is 0.0180. The molecule has 0 aromatic heterocycles. The number of nitrogens with zero attached hydrogens (tertiary/aromatic N) is 2. The van der Waals surface area contributed by atoms with Crippen LogP contribution in [0.5, 0.6) is 0 Å². The van der Waals surface area contributed by atoms with Crippen LogP contribution in [-0.4, -0.2) is 50.3 Å². The molecule has 1 aromatic carbocycles. The highest BCUT2D eigenvalue weighted by molar-refractivity contribution is 7.89. The van der Waals surface area contributed by atoms with Gasteiger partial charge in [0.2, 0.25) is 10.0 Å². The highest BCUT2D eigenvalue weighted by atomic mass is 32.2. The molecule has 106 valence electrons. The van der Waals surface area contributed by atoms with Crippen molar-refractivity contribution in [3.05, 3.63) is 29.3 Å². The molecule has 1 heterocycles. The van der Waals surface area contributed by atoms with Gasteiger partial charge >= 0.3 is 0 Å². The number of hydrogen-bond donors (Lipinski definition) is 0. The van der Waals surface area contributed by atoms with Crippen LogP contribution in [0.15, 0.2) is 23.1 Å². The summed E-state index contributed by atoms with van der Waals surface area (Å²) in [6, 6.07) is 5.53. The van der Waals surface area contributed by atoms with Crippen molar-refractivity contribution in [2.45, 2.75) is 31.7 Å². The van der Waals surface area contributed by atoms with Gasteiger partial charge in [0, 0.05) is 25.7 Å². The van der Waals surface area contributed by atoms with E-state index < -0.39 is 10.0 Å². The number of aryl methyl sites for hydroxylation is 2. The van der Waals surface area contributed by atoms with E-state index in [1.54, 1.807) is 10.4 Å². The summed E-state index contributed by atoms with van der Waals surface area (Å²) in [5.74, 6) is 0. The zero-order valence-corrected chi connectivity index (χ0v) is 12.9. The Bertz CT molecular complexity index is 569. The van der Waals surface area contributed by atoms with Crippen molar-refractivity contribution in [2.75, 3.05) is 26.7 Å². The molecule has 2 rings (SSSR count). The second-order valence-corrected chi connectivity index (χ2v) is 7.35. The molecule has 1 aromatic rings. The molecule has 0 N–H and O–H groups in total. The Balaban J connectivity index is 2.37. The van der Waals surface area contributed by atoms with Gasteiger partial charge in [0.25, 0.3) is 0 Å². The highest BCUT2D eigenvalue weighted by Gasteiger charge is 2.33. The molecular formula is C14H22N2O2S. The van der Waals surface area contributed by atoms with Crippen molar-refractivity contribution >= 4 is 10.0 Å². The fourth-order valence-corrected chi connectivity index (χ4v) is 4.52. The average Bonchev–Trinajstić information content (AvgIpc) is 2.27. The van der Waals surface area contributed by atoms with Crippen LogP contribution < -0.4 is 0 Å². The summed E-state index contributed by atoms with van der Waals surface area (Å²) in [6.07, 6.45) is 0. The van der Waals surface area contributed by atoms with E-state index in [9.17, 15) is 8.42 Å². The summed E-state index contributed by atoms with van der Waals surface area (Å²) in [4.78, 5) is 2.60. The van der Waals surface area contributed by atoms with Gasteiger partial charge in [0.1, 0.15) is 0 Å². The van der Waals surface area contributed by atoms with E-state index in [1.807, 2.05) is 40.0 Å². The predicted molar refractivity (Wildman–Crippen MR) is 76.8 cm³/mol. The smallest absolute Gasteiger partial charge is 0.243 e. The fraction of sp³-hybridized carbons (Fsp3) is 0.571. The van der Waals surface area contributed by atoms with Gasteiger partial charge in [-0.2, -0.15) is 4.31 Å². The van der Waals surface area contributed by atoms with Crippen molar-refractivity contribution in [3.8, 4) is 0 Å². The van der Waals surface area contributed by atoms with Crippen LogP contribution in [0, 0.1) is 13.8 Å². The van der Waals surface area contributed by atoms with Crippen molar-refractivity contribution in [1.82, 2.24) is 9.21 Å². The molecule has 0 aliphatic carbocycles. The second-order valence-electron chi connectivity index (χ2n) is 5.50. The highest BCUT2D eigenvalue weighted by Crippen LogP contribution is 2.24. The molecule has 1 unspecified atom stereocenters. The van der Waals surface area contributed by atoms with Crippen molar-refractivity contribution in [3.63, 3.8) is 0 Å². The number of piperazine rings is 1. The molecule has 1 fully saturated rings. The molecule has 1 saturated heterocycles. The third-order valence-electron chi connectivity index (χ3n) is 3.69. The fourth-order valence-electron chi connectivity index (χ4n) is 2.70. The third-order valence-corrected chi connectivity index (χ3v) is 5.86. The quantitative estimate of drug-likeness (QED) is 0.828. The molecule has 0 radical (unpaired) electrons. The molecule has 5 heteroatoms. The third kappa shape index (κ3) is 2.83. The molecule has 1 aliphatic rings. The number of sulfonamides is 1. The SMILES string of the molecule is Cc1ccc(S(=O)(=O)N2CCN(C)CC2C)c(C)c1. The first-order valence-corrected chi connectivity index (χ1v) is 8.04. The van der Waals surface area contributed by atoms with Gasteiger partial charge < -0.3 is 4.90 Å². The summed E-state index contributed by atoms with van der Waals surface area (Å²) in [7, 11) is -1.35. The molecule has 0 amide bonds. The van der Waals surface area contributed by atoms with Gasteiger partial charge in [0.05, 0.1) is 4.90 Å². The van der Waals surface area contributed by atoms with E-state index in [4.69, 9.17) is 0 Å². The van der Waals surface area contributed by atoms with Crippen molar-refractivity contribution < 1.29 is 8.42 Å². The Labute approximate surface area is 116 Å². The van der Waals surface area contributed by atoms with Crippen LogP contribution >= 0.6 is 0 Å². The molecule has 0 spiro atoms. The normalized spacial score (nSPS) is 22.6. The Morgan fingerprint density at radius 1 is 1.21 bits per heavy atom. The van der Waals surface area contributed by atoms with Gasteiger partial charge in [0.15, 0.2) is 0 Å². The van der Waals surface area contributed by atoms with Crippen LogP contribution in [0.2, 0.25) is 0 Å². The Morgan fingerprint density at radius 3 is 2.47 bits per heavy atom. The van der Waals surface area contributed by atoms with Gasteiger partial charge in [-0.05, 0) is 39.4 Å². The maximum absolute atomic E-state index is 12.7. The maximum atomic E-state index is 12.7. The van der Waals surface area contributed by atoms with E-state index in [0.717, 1.165) is 24.2 Å². The Kier molecular flexibility index (Phi) is 3.99. The molecule has 0 bridgehead atoms. The summed E-state index contributed by atoms with van der Waals surface area (Å²) in [5.41, 5.74) is 1.91. The standard InChI is InChI=1S/C14H22N2O2S/c1-11-5-6-14(12(2)9-11)19(17,18)16-8-7-15(4)10-13(16)3/h5-6,9,13H,7-8,10H2,1-4H3. The summed E-state index contributed by atoms with van der Waals surface area (Å²) < 4.78 is 27.1. The van der Waals surface area contributed by atoms with E-state index in [-0.39, 0.29) is 6.04 Å².